The molecule has 2 nitrogen and oxygen atoms in total. The van der Waals surface area contributed by atoms with Crippen LogP contribution in [0.3, 0.4) is 0 Å². The van der Waals surface area contributed by atoms with Crippen molar-refractivity contribution >= 4 is 11.9 Å². The second-order valence-corrected chi connectivity index (χ2v) is 4.46. The van der Waals surface area contributed by atoms with Crippen LogP contribution in [0.15, 0.2) is 10.6 Å². The summed E-state index contributed by atoms with van der Waals surface area (Å²) in [4.78, 5) is 1.40. The van der Waals surface area contributed by atoms with Gasteiger partial charge < -0.3 is 0 Å². The van der Waals surface area contributed by atoms with Gasteiger partial charge in [0.05, 0.1) is 0 Å². The number of hydrogen-bond donors (Lipinski definition) is 0. The quantitative estimate of drug-likeness (QED) is 0.561. The van der Waals surface area contributed by atoms with Crippen molar-refractivity contribution in [3.8, 4) is 0 Å². The molecule has 0 aromatic carbocycles. The molecule has 0 spiro atoms. The predicted molar refractivity (Wildman–Crippen MR) is 50.7 cm³/mol. The number of hydrazine groups is 1. The number of allylic oxidation sites excluding steroid dienone is 2. The molecule has 0 radical (unpaired) electrons. The summed E-state index contributed by atoms with van der Waals surface area (Å²) in [6.07, 6.45) is 0. The average Bonchev–Trinajstić information content (AvgIpc) is 2.07. The van der Waals surface area contributed by atoms with Crippen molar-refractivity contribution in [3.63, 3.8) is 0 Å². The van der Waals surface area contributed by atoms with Gasteiger partial charge in [0.1, 0.15) is 0 Å². The monoisotopic (exact) mass is 172 g/mol. The summed E-state index contributed by atoms with van der Waals surface area (Å²) in [5, 5.41) is 2.31. The van der Waals surface area contributed by atoms with E-state index in [0.29, 0.717) is 6.04 Å². The molecule has 1 rings (SSSR count). The summed E-state index contributed by atoms with van der Waals surface area (Å²) < 4.78 is 2.19. The van der Waals surface area contributed by atoms with Crippen molar-refractivity contribution < 1.29 is 0 Å². The lowest BCUT2D eigenvalue weighted by atomic mass is 10.3. The van der Waals surface area contributed by atoms with Crippen LogP contribution in [-0.4, -0.2) is 22.5 Å². The molecular formula is C8H16N2S. The molecule has 0 atom stereocenters. The van der Waals surface area contributed by atoms with Crippen LogP contribution in [0, 0.1) is 0 Å². The van der Waals surface area contributed by atoms with Gasteiger partial charge in [0.25, 0.3) is 0 Å². The second kappa shape index (κ2) is 3.07. The van der Waals surface area contributed by atoms with E-state index in [1.54, 1.807) is 11.9 Å². The largest absolute Gasteiger partial charge is 0.297 e. The summed E-state index contributed by atoms with van der Waals surface area (Å²) in [6, 6.07) is 0.560. The molecular weight excluding hydrogens is 156 g/mol. The molecule has 0 aliphatic carbocycles. The van der Waals surface area contributed by atoms with Crippen molar-refractivity contribution in [2.24, 2.45) is 0 Å². The molecule has 64 valence electrons. The van der Waals surface area contributed by atoms with Gasteiger partial charge in [-0.05, 0) is 39.6 Å². The maximum absolute atomic E-state index is 2.31. The summed E-state index contributed by atoms with van der Waals surface area (Å²) in [5.74, 6) is 0. The van der Waals surface area contributed by atoms with Crippen LogP contribution in [0.25, 0.3) is 0 Å². The highest BCUT2D eigenvalue weighted by Crippen LogP contribution is 2.35. The molecule has 0 saturated carbocycles. The van der Waals surface area contributed by atoms with Gasteiger partial charge in [0.2, 0.25) is 0 Å². The molecule has 0 bridgehead atoms. The Morgan fingerprint density at radius 2 is 1.82 bits per heavy atom. The van der Waals surface area contributed by atoms with E-state index in [1.165, 1.54) is 10.6 Å². The van der Waals surface area contributed by atoms with Crippen molar-refractivity contribution in [3.05, 3.63) is 10.6 Å². The smallest absolute Gasteiger partial charge is 0.0406 e. The topological polar surface area (TPSA) is 6.48 Å². The molecule has 0 unspecified atom stereocenters. The summed E-state index contributed by atoms with van der Waals surface area (Å²) in [5.41, 5.74) is 1.38. The Balaban J connectivity index is 2.79. The maximum Gasteiger partial charge on any atom is 0.0406 e. The van der Waals surface area contributed by atoms with E-state index in [1.807, 2.05) is 0 Å². The van der Waals surface area contributed by atoms with E-state index in [9.17, 15) is 0 Å². The molecule has 3 heteroatoms. The highest BCUT2D eigenvalue weighted by atomic mass is 32.2. The minimum atomic E-state index is 0.560. The van der Waals surface area contributed by atoms with Crippen molar-refractivity contribution in [1.29, 1.82) is 0 Å². The zero-order valence-corrected chi connectivity index (χ0v) is 8.70. The Labute approximate surface area is 73.3 Å². The molecule has 1 aliphatic rings. The molecule has 0 aromatic rings. The van der Waals surface area contributed by atoms with Gasteiger partial charge in [-0.25, -0.2) is 0 Å². The lowest BCUT2D eigenvalue weighted by molar-refractivity contribution is 0.114. The van der Waals surface area contributed by atoms with E-state index >= 15 is 0 Å². The molecule has 1 aliphatic heterocycles. The molecule has 11 heavy (non-hydrogen) atoms. The molecule has 1 heterocycles. The van der Waals surface area contributed by atoms with E-state index in [2.05, 4.69) is 44.2 Å². The van der Waals surface area contributed by atoms with Gasteiger partial charge in [-0.1, -0.05) is 0 Å². The second-order valence-electron chi connectivity index (χ2n) is 3.14. The summed E-state index contributed by atoms with van der Waals surface area (Å²) in [6.45, 7) is 8.75. The number of hydrogen-bond acceptors (Lipinski definition) is 3. The molecule has 0 N–H and O–H groups in total. The van der Waals surface area contributed by atoms with Crippen LogP contribution in [0.2, 0.25) is 0 Å². The average molecular weight is 172 g/mol. The highest BCUT2D eigenvalue weighted by molar-refractivity contribution is 8.00. The maximum atomic E-state index is 2.31. The normalized spacial score (nSPS) is 20.7. The van der Waals surface area contributed by atoms with Gasteiger partial charge in [-0.15, -0.1) is 0 Å². The third-order valence-corrected chi connectivity index (χ3v) is 2.92. The Hall–Kier alpha value is -0.150. The first-order valence-electron chi connectivity index (χ1n) is 3.92. The standard InChI is InChI=1S/C8H16N2S/c1-6(2)10-7(3)8(4)11-9(10)5/h6H,1-5H3. The van der Waals surface area contributed by atoms with Gasteiger partial charge in [-0.2, -0.15) is 4.41 Å². The third-order valence-electron chi connectivity index (χ3n) is 1.91. The van der Waals surface area contributed by atoms with Crippen molar-refractivity contribution in [1.82, 2.24) is 9.42 Å². The van der Waals surface area contributed by atoms with Crippen molar-refractivity contribution in [2.75, 3.05) is 7.05 Å². The Kier molecular flexibility index (Phi) is 2.50. The minimum Gasteiger partial charge on any atom is -0.297 e. The third kappa shape index (κ3) is 1.54. The zero-order valence-electron chi connectivity index (χ0n) is 7.88. The van der Waals surface area contributed by atoms with Crippen LogP contribution in [0.1, 0.15) is 27.7 Å². The fourth-order valence-electron chi connectivity index (χ4n) is 1.39. The first kappa shape index (κ1) is 8.94. The Morgan fingerprint density at radius 3 is 2.00 bits per heavy atom. The van der Waals surface area contributed by atoms with Crippen LogP contribution in [0.4, 0.5) is 0 Å². The van der Waals surface area contributed by atoms with Gasteiger partial charge >= 0.3 is 0 Å². The molecule has 0 fully saturated rings. The predicted octanol–water partition coefficient (Wildman–Crippen LogP) is 2.46. The minimum absolute atomic E-state index is 0.560. The fourth-order valence-corrected chi connectivity index (χ4v) is 2.41. The van der Waals surface area contributed by atoms with E-state index in [-0.39, 0.29) is 0 Å². The first-order valence-corrected chi connectivity index (χ1v) is 4.69. The van der Waals surface area contributed by atoms with Gasteiger partial charge in [0.15, 0.2) is 0 Å². The number of rotatable bonds is 1. The van der Waals surface area contributed by atoms with E-state index in [4.69, 9.17) is 0 Å². The van der Waals surface area contributed by atoms with Crippen LogP contribution in [0.5, 0.6) is 0 Å². The lowest BCUT2D eigenvalue weighted by Crippen LogP contribution is -2.35. The van der Waals surface area contributed by atoms with E-state index < -0.39 is 0 Å². The van der Waals surface area contributed by atoms with Gasteiger partial charge in [0, 0.05) is 23.7 Å². The molecule has 0 aromatic heterocycles. The zero-order chi connectivity index (χ0) is 8.59. The highest BCUT2D eigenvalue weighted by Gasteiger charge is 2.24. The number of nitrogens with zero attached hydrogens (tertiary/aromatic N) is 2. The lowest BCUT2D eigenvalue weighted by Gasteiger charge is -2.30. The first-order chi connectivity index (χ1) is 5.04. The summed E-state index contributed by atoms with van der Waals surface area (Å²) in [7, 11) is 2.10. The van der Waals surface area contributed by atoms with Gasteiger partial charge in [-0.3, -0.25) is 5.01 Å². The van der Waals surface area contributed by atoms with Crippen LogP contribution in [-0.2, 0) is 0 Å². The Bertz CT molecular complexity index is 187. The summed E-state index contributed by atoms with van der Waals surface area (Å²) >= 11 is 1.80. The Morgan fingerprint density at radius 1 is 1.27 bits per heavy atom. The van der Waals surface area contributed by atoms with Crippen LogP contribution >= 0.6 is 11.9 Å². The SMILES string of the molecule is CC1=C(C)N(C(C)C)N(C)S1. The molecule has 0 amide bonds. The van der Waals surface area contributed by atoms with Crippen LogP contribution < -0.4 is 0 Å². The molecule has 0 saturated heterocycles. The van der Waals surface area contributed by atoms with E-state index in [0.717, 1.165) is 0 Å². The van der Waals surface area contributed by atoms with Crippen molar-refractivity contribution in [2.45, 2.75) is 33.7 Å². The fraction of sp³-hybridized carbons (Fsp3) is 0.750.